The van der Waals surface area contributed by atoms with Crippen molar-refractivity contribution < 1.29 is 14.5 Å². The van der Waals surface area contributed by atoms with Crippen LogP contribution in [-0.2, 0) is 9.59 Å². The summed E-state index contributed by atoms with van der Waals surface area (Å²) in [6.45, 7) is 7.16. The highest BCUT2D eigenvalue weighted by Gasteiger charge is 2.36. The van der Waals surface area contributed by atoms with E-state index in [1.54, 1.807) is 17.0 Å². The summed E-state index contributed by atoms with van der Waals surface area (Å²) in [5.41, 5.74) is 4.29. The number of likely N-dealkylation sites (tertiary alicyclic amines) is 1. The summed E-state index contributed by atoms with van der Waals surface area (Å²) in [6.07, 6.45) is 4.51. The van der Waals surface area contributed by atoms with Gasteiger partial charge in [-0.15, -0.1) is 0 Å². The van der Waals surface area contributed by atoms with Gasteiger partial charge in [-0.25, -0.2) is 0 Å². The minimum Gasteiger partial charge on any atom is -0.350 e. The molecule has 2 atom stereocenters. The Morgan fingerprint density at radius 3 is 2.34 bits per heavy atom. The lowest BCUT2D eigenvalue weighted by molar-refractivity contribution is -0.384. The van der Waals surface area contributed by atoms with Gasteiger partial charge in [-0.05, 0) is 69.8 Å². The number of rotatable bonds is 11. The number of aliphatic imine (C=N–C) groups is 1. The Balaban J connectivity index is 1.46. The van der Waals surface area contributed by atoms with Crippen LogP contribution in [0.5, 0.6) is 0 Å². The molecule has 38 heavy (non-hydrogen) atoms. The molecule has 0 aromatic heterocycles. The number of carbonyl (C=O) groups excluding carboxylic acids is 2. The van der Waals surface area contributed by atoms with Crippen molar-refractivity contribution in [3.8, 4) is 0 Å². The summed E-state index contributed by atoms with van der Waals surface area (Å²) < 4.78 is 0. The van der Waals surface area contributed by atoms with Crippen LogP contribution in [0.25, 0.3) is 0 Å². The average Bonchev–Trinajstić information content (AvgIpc) is 2.94. The van der Waals surface area contributed by atoms with Crippen LogP contribution in [0.15, 0.2) is 71.0 Å². The number of nitrogens with one attached hydrogen (secondary N) is 1. The third kappa shape index (κ3) is 6.16. The van der Waals surface area contributed by atoms with Crippen LogP contribution in [-0.4, -0.2) is 65.5 Å². The van der Waals surface area contributed by atoms with E-state index in [1.807, 2.05) is 13.8 Å². The van der Waals surface area contributed by atoms with Gasteiger partial charge >= 0.3 is 0 Å². The van der Waals surface area contributed by atoms with Gasteiger partial charge in [0, 0.05) is 24.4 Å². The fourth-order valence-corrected chi connectivity index (χ4v) is 5.76. The van der Waals surface area contributed by atoms with E-state index in [9.17, 15) is 19.7 Å². The molecular weight excluding hydrogens is 482 g/mol. The number of nitro groups is 1. The van der Waals surface area contributed by atoms with Crippen molar-refractivity contribution in [3.63, 3.8) is 0 Å². The van der Waals surface area contributed by atoms with Gasteiger partial charge in [0.25, 0.3) is 5.69 Å². The SMILES string of the molecule is CC1=NC(C)=C(N(C=O)CCCN2CCC(c3ccccc3)CC2)C(c2ccc([N+](=O)[O-])cc2)C1NC=O. The van der Waals surface area contributed by atoms with Gasteiger partial charge in [0.1, 0.15) is 0 Å². The number of hydrogen-bond donors (Lipinski definition) is 1. The van der Waals surface area contributed by atoms with Crippen LogP contribution < -0.4 is 5.32 Å². The van der Waals surface area contributed by atoms with E-state index < -0.39 is 16.9 Å². The van der Waals surface area contributed by atoms with Crippen molar-refractivity contribution in [1.29, 1.82) is 0 Å². The van der Waals surface area contributed by atoms with Crippen LogP contribution in [0.2, 0.25) is 0 Å². The molecule has 0 spiro atoms. The van der Waals surface area contributed by atoms with Crippen LogP contribution in [0, 0.1) is 10.1 Å². The van der Waals surface area contributed by atoms with Crippen molar-refractivity contribution in [2.45, 2.75) is 51.0 Å². The molecule has 0 aliphatic carbocycles. The monoisotopic (exact) mass is 517 g/mol. The summed E-state index contributed by atoms with van der Waals surface area (Å²) in [5.74, 6) is 0.199. The van der Waals surface area contributed by atoms with Gasteiger partial charge in [0.2, 0.25) is 12.8 Å². The Morgan fingerprint density at radius 1 is 1.05 bits per heavy atom. The zero-order valence-electron chi connectivity index (χ0n) is 22.0. The van der Waals surface area contributed by atoms with Crippen molar-refractivity contribution >= 4 is 24.2 Å². The number of nitrogens with zero attached hydrogens (tertiary/aromatic N) is 4. The number of benzene rings is 2. The van der Waals surface area contributed by atoms with Crippen molar-refractivity contribution in [2.24, 2.45) is 4.99 Å². The predicted octanol–water partition coefficient (Wildman–Crippen LogP) is 4.23. The highest BCUT2D eigenvalue weighted by Crippen LogP contribution is 2.37. The first kappa shape index (κ1) is 27.2. The number of nitro benzene ring substituents is 1. The molecule has 1 fully saturated rings. The zero-order chi connectivity index (χ0) is 27.1. The van der Waals surface area contributed by atoms with Crippen LogP contribution in [0.1, 0.15) is 56.1 Å². The largest absolute Gasteiger partial charge is 0.350 e. The maximum Gasteiger partial charge on any atom is 0.269 e. The number of non-ortho nitro benzene ring substituents is 1. The van der Waals surface area contributed by atoms with E-state index >= 15 is 0 Å². The Labute approximate surface area is 223 Å². The lowest BCUT2D eigenvalue weighted by atomic mass is 9.82. The van der Waals surface area contributed by atoms with E-state index in [4.69, 9.17) is 0 Å². The molecule has 9 nitrogen and oxygen atoms in total. The Kier molecular flexibility index (Phi) is 9.02. The Morgan fingerprint density at radius 2 is 1.74 bits per heavy atom. The standard InChI is InChI=1S/C29H35N5O4/c1-21-28(30-19-35)27(25-9-11-26(12-10-25)34(37)38)29(22(2)31-21)33(20-36)16-6-15-32-17-13-24(14-18-32)23-7-4-3-5-8-23/h3-5,7-12,19-20,24,27-28H,6,13-18H2,1-2H3,(H,30,35). The van der Waals surface area contributed by atoms with Gasteiger partial charge < -0.3 is 15.1 Å². The molecular formula is C29H35N5O4. The topological polar surface area (TPSA) is 108 Å². The quantitative estimate of drug-likeness (QED) is 0.273. The third-order valence-corrected chi connectivity index (χ3v) is 7.67. The molecule has 4 rings (SSSR count). The molecule has 200 valence electrons. The van der Waals surface area contributed by atoms with E-state index in [1.165, 1.54) is 17.7 Å². The minimum atomic E-state index is -0.466. The second-order valence-corrected chi connectivity index (χ2v) is 9.99. The molecule has 9 heteroatoms. The maximum atomic E-state index is 12.3. The molecule has 2 aliphatic rings. The van der Waals surface area contributed by atoms with E-state index in [2.05, 4.69) is 45.5 Å². The lowest BCUT2D eigenvalue weighted by Gasteiger charge is -2.38. The molecule has 1 N–H and O–H groups in total. The predicted molar refractivity (Wildman–Crippen MR) is 147 cm³/mol. The first-order chi connectivity index (χ1) is 18.4. The number of allylic oxidation sites excluding steroid dienone is 1. The smallest absolute Gasteiger partial charge is 0.269 e. The highest BCUT2D eigenvalue weighted by atomic mass is 16.6. The van der Waals surface area contributed by atoms with Crippen molar-refractivity contribution in [1.82, 2.24) is 15.1 Å². The van der Waals surface area contributed by atoms with Crippen LogP contribution >= 0.6 is 0 Å². The first-order valence-electron chi connectivity index (χ1n) is 13.1. The Hall–Kier alpha value is -3.85. The summed E-state index contributed by atoms with van der Waals surface area (Å²) in [6, 6.07) is 16.5. The number of carbonyl (C=O) groups is 2. The van der Waals surface area contributed by atoms with Gasteiger partial charge in [-0.3, -0.25) is 24.7 Å². The van der Waals surface area contributed by atoms with Gasteiger partial charge in [-0.1, -0.05) is 42.5 Å². The number of piperidine rings is 1. The third-order valence-electron chi connectivity index (χ3n) is 7.67. The highest BCUT2D eigenvalue weighted by molar-refractivity contribution is 5.92. The average molecular weight is 518 g/mol. The summed E-state index contributed by atoms with van der Waals surface area (Å²) in [7, 11) is 0. The molecule has 2 unspecified atom stereocenters. The molecule has 0 saturated carbocycles. The normalized spacial score (nSPS) is 20.5. The summed E-state index contributed by atoms with van der Waals surface area (Å²) in [5, 5.41) is 14.0. The fourth-order valence-electron chi connectivity index (χ4n) is 5.76. The molecule has 2 aromatic carbocycles. The van der Waals surface area contributed by atoms with E-state index in [0.717, 1.165) is 50.9 Å². The zero-order valence-corrected chi connectivity index (χ0v) is 22.0. The summed E-state index contributed by atoms with van der Waals surface area (Å²) in [4.78, 5) is 43.3. The lowest BCUT2D eigenvalue weighted by Crippen LogP contribution is -2.46. The number of amides is 2. The number of hydrogen-bond acceptors (Lipinski definition) is 6. The molecule has 1 saturated heterocycles. The molecule has 2 aliphatic heterocycles. The second kappa shape index (κ2) is 12.6. The second-order valence-electron chi connectivity index (χ2n) is 9.99. The Bertz CT molecular complexity index is 1190. The van der Waals surface area contributed by atoms with E-state index in [0.29, 0.717) is 36.0 Å². The first-order valence-corrected chi connectivity index (χ1v) is 13.1. The van der Waals surface area contributed by atoms with Crippen LogP contribution in [0.3, 0.4) is 0 Å². The summed E-state index contributed by atoms with van der Waals surface area (Å²) >= 11 is 0. The maximum absolute atomic E-state index is 12.3. The molecule has 2 aromatic rings. The minimum absolute atomic E-state index is 0.0135. The van der Waals surface area contributed by atoms with Gasteiger partial charge in [-0.2, -0.15) is 0 Å². The molecule has 2 heterocycles. The fraction of sp³-hybridized carbons (Fsp3) is 0.414. The van der Waals surface area contributed by atoms with Crippen LogP contribution in [0.4, 0.5) is 5.69 Å². The van der Waals surface area contributed by atoms with E-state index in [-0.39, 0.29) is 5.69 Å². The van der Waals surface area contributed by atoms with Gasteiger partial charge in [0.15, 0.2) is 0 Å². The molecule has 2 amide bonds. The molecule has 0 bridgehead atoms. The van der Waals surface area contributed by atoms with Crippen molar-refractivity contribution in [2.75, 3.05) is 26.2 Å². The van der Waals surface area contributed by atoms with Gasteiger partial charge in [0.05, 0.1) is 28.3 Å². The molecule has 0 radical (unpaired) electrons. The van der Waals surface area contributed by atoms with Crippen molar-refractivity contribution in [3.05, 3.63) is 87.2 Å².